The Morgan fingerprint density at radius 1 is 1.24 bits per heavy atom. The predicted octanol–water partition coefficient (Wildman–Crippen LogP) is 1.82. The standard InChI is InChI=1S/C15H8FN3O2/c16-11-5-1-4-10-13(11)19(15(21)14(10)20)8-9-3-2-6-18-12(9)7-17/h1-6H,8H2. The summed E-state index contributed by atoms with van der Waals surface area (Å²) in [7, 11) is 0. The number of para-hydroxylation sites is 1. The number of Topliss-reactive ketones (excluding diaryl/α,β-unsaturated/α-hetero) is 1. The molecule has 0 radical (unpaired) electrons. The summed E-state index contributed by atoms with van der Waals surface area (Å²) in [6.07, 6.45) is 1.45. The quantitative estimate of drug-likeness (QED) is 0.787. The lowest BCUT2D eigenvalue weighted by Gasteiger charge is -2.17. The molecule has 1 amide bonds. The molecule has 0 spiro atoms. The molecule has 6 heteroatoms. The summed E-state index contributed by atoms with van der Waals surface area (Å²) in [5.74, 6) is -2.19. The van der Waals surface area contributed by atoms with Gasteiger partial charge in [-0.3, -0.25) is 14.5 Å². The molecule has 5 nitrogen and oxygen atoms in total. The van der Waals surface area contributed by atoms with E-state index in [0.717, 1.165) is 4.90 Å². The minimum atomic E-state index is -0.803. The van der Waals surface area contributed by atoms with Crippen LogP contribution in [0.1, 0.15) is 21.6 Å². The van der Waals surface area contributed by atoms with Crippen LogP contribution in [0.3, 0.4) is 0 Å². The van der Waals surface area contributed by atoms with E-state index >= 15 is 0 Å². The molecule has 0 atom stereocenters. The van der Waals surface area contributed by atoms with Gasteiger partial charge in [0, 0.05) is 11.8 Å². The van der Waals surface area contributed by atoms with E-state index in [1.807, 2.05) is 6.07 Å². The molecular formula is C15H8FN3O2. The third-order valence-corrected chi connectivity index (χ3v) is 3.27. The minimum Gasteiger partial charge on any atom is -0.297 e. The monoisotopic (exact) mass is 281 g/mol. The Bertz CT molecular complexity index is 811. The molecule has 0 saturated carbocycles. The molecule has 3 rings (SSSR count). The molecule has 1 aliphatic rings. The fourth-order valence-electron chi connectivity index (χ4n) is 2.30. The molecule has 0 saturated heterocycles. The SMILES string of the molecule is N#Cc1ncccc1CN1C(=O)C(=O)c2cccc(F)c21. The molecule has 2 heterocycles. The van der Waals surface area contributed by atoms with Crippen LogP contribution in [0.4, 0.5) is 10.1 Å². The van der Waals surface area contributed by atoms with Gasteiger partial charge in [-0.05, 0) is 18.2 Å². The van der Waals surface area contributed by atoms with E-state index in [1.54, 1.807) is 12.1 Å². The van der Waals surface area contributed by atoms with Crippen LogP contribution in [0.25, 0.3) is 0 Å². The van der Waals surface area contributed by atoms with Crippen molar-refractivity contribution in [3.63, 3.8) is 0 Å². The van der Waals surface area contributed by atoms with E-state index in [2.05, 4.69) is 4.98 Å². The lowest BCUT2D eigenvalue weighted by Crippen LogP contribution is -2.30. The Hall–Kier alpha value is -3.07. The highest BCUT2D eigenvalue weighted by molar-refractivity contribution is 6.52. The first kappa shape index (κ1) is 12.9. The highest BCUT2D eigenvalue weighted by atomic mass is 19.1. The highest BCUT2D eigenvalue weighted by Crippen LogP contribution is 2.32. The first-order valence-electron chi connectivity index (χ1n) is 6.12. The third-order valence-electron chi connectivity index (χ3n) is 3.27. The van der Waals surface area contributed by atoms with Crippen molar-refractivity contribution in [1.29, 1.82) is 5.26 Å². The average molecular weight is 281 g/mol. The highest BCUT2D eigenvalue weighted by Gasteiger charge is 2.38. The van der Waals surface area contributed by atoms with Crippen LogP contribution in [0.15, 0.2) is 36.5 Å². The second kappa shape index (κ2) is 4.80. The van der Waals surface area contributed by atoms with Gasteiger partial charge >= 0.3 is 0 Å². The zero-order valence-electron chi connectivity index (χ0n) is 10.7. The molecule has 0 bridgehead atoms. The number of carbonyl (C=O) groups excluding carboxylic acids is 2. The molecule has 0 unspecified atom stereocenters. The van der Waals surface area contributed by atoms with Crippen LogP contribution < -0.4 is 4.90 Å². The molecule has 2 aromatic rings. The van der Waals surface area contributed by atoms with Crippen LogP contribution in [0.2, 0.25) is 0 Å². The maximum absolute atomic E-state index is 13.9. The Morgan fingerprint density at radius 2 is 2.05 bits per heavy atom. The van der Waals surface area contributed by atoms with Gasteiger partial charge in [0.05, 0.1) is 17.8 Å². The van der Waals surface area contributed by atoms with Gasteiger partial charge in [0.2, 0.25) is 0 Å². The van der Waals surface area contributed by atoms with Crippen LogP contribution in [0.5, 0.6) is 0 Å². The first-order valence-corrected chi connectivity index (χ1v) is 6.12. The van der Waals surface area contributed by atoms with Crippen molar-refractivity contribution in [1.82, 2.24) is 4.98 Å². The summed E-state index contributed by atoms with van der Waals surface area (Å²) in [4.78, 5) is 28.8. The first-order chi connectivity index (χ1) is 10.1. The number of halogens is 1. The Balaban J connectivity index is 2.07. The van der Waals surface area contributed by atoms with E-state index in [9.17, 15) is 14.0 Å². The number of aromatic nitrogens is 1. The number of nitriles is 1. The molecule has 21 heavy (non-hydrogen) atoms. The number of hydrogen-bond acceptors (Lipinski definition) is 4. The summed E-state index contributed by atoms with van der Waals surface area (Å²) in [5, 5.41) is 9.00. The van der Waals surface area contributed by atoms with E-state index in [-0.39, 0.29) is 23.5 Å². The molecule has 0 aliphatic carbocycles. The largest absolute Gasteiger partial charge is 0.299 e. The van der Waals surface area contributed by atoms with Crippen molar-refractivity contribution in [2.24, 2.45) is 0 Å². The van der Waals surface area contributed by atoms with Gasteiger partial charge in [0.25, 0.3) is 11.7 Å². The van der Waals surface area contributed by atoms with Crippen LogP contribution in [-0.2, 0) is 11.3 Å². The number of benzene rings is 1. The molecule has 0 fully saturated rings. The van der Waals surface area contributed by atoms with Gasteiger partial charge in [-0.1, -0.05) is 12.1 Å². The summed E-state index contributed by atoms with van der Waals surface area (Å²) in [6, 6.07) is 9.11. The average Bonchev–Trinajstić information content (AvgIpc) is 2.74. The Labute approximate surface area is 119 Å². The lowest BCUT2D eigenvalue weighted by molar-refractivity contribution is -0.114. The number of carbonyl (C=O) groups is 2. The van der Waals surface area contributed by atoms with Gasteiger partial charge in [-0.25, -0.2) is 9.37 Å². The summed E-state index contributed by atoms with van der Waals surface area (Å²) in [6.45, 7) is -0.0742. The molecule has 102 valence electrons. The zero-order valence-corrected chi connectivity index (χ0v) is 10.7. The van der Waals surface area contributed by atoms with Crippen molar-refractivity contribution in [2.45, 2.75) is 6.54 Å². The van der Waals surface area contributed by atoms with Crippen molar-refractivity contribution < 1.29 is 14.0 Å². The zero-order chi connectivity index (χ0) is 15.0. The van der Waals surface area contributed by atoms with E-state index < -0.39 is 17.5 Å². The van der Waals surface area contributed by atoms with Crippen LogP contribution in [-0.4, -0.2) is 16.7 Å². The Kier molecular flexibility index (Phi) is 2.95. The minimum absolute atomic E-state index is 0.0414. The fourth-order valence-corrected chi connectivity index (χ4v) is 2.30. The summed E-state index contributed by atoms with van der Waals surface area (Å²) in [5.41, 5.74) is 0.599. The van der Waals surface area contributed by atoms with Gasteiger partial charge in [0.1, 0.15) is 17.6 Å². The number of rotatable bonds is 2. The predicted molar refractivity (Wildman–Crippen MR) is 70.9 cm³/mol. The van der Waals surface area contributed by atoms with Crippen molar-refractivity contribution in [2.75, 3.05) is 4.90 Å². The van der Waals surface area contributed by atoms with Crippen LogP contribution in [0, 0.1) is 17.1 Å². The van der Waals surface area contributed by atoms with E-state index in [4.69, 9.17) is 5.26 Å². The molecule has 1 aliphatic heterocycles. The molecule has 1 aromatic heterocycles. The summed E-state index contributed by atoms with van der Waals surface area (Å²) >= 11 is 0. The number of ketones is 1. The smallest absolute Gasteiger partial charge is 0.297 e. The number of amides is 1. The molecule has 1 aromatic carbocycles. The number of pyridine rings is 1. The molecule has 0 N–H and O–H groups in total. The number of fused-ring (bicyclic) bond motifs is 1. The van der Waals surface area contributed by atoms with Gasteiger partial charge in [-0.2, -0.15) is 5.26 Å². The van der Waals surface area contributed by atoms with Crippen molar-refractivity contribution in [3.8, 4) is 6.07 Å². The second-order valence-corrected chi connectivity index (χ2v) is 4.48. The third kappa shape index (κ3) is 1.96. The second-order valence-electron chi connectivity index (χ2n) is 4.48. The lowest BCUT2D eigenvalue weighted by atomic mass is 10.1. The fraction of sp³-hybridized carbons (Fsp3) is 0.0667. The topological polar surface area (TPSA) is 74.1 Å². The maximum atomic E-state index is 13.9. The van der Waals surface area contributed by atoms with Gasteiger partial charge in [0.15, 0.2) is 0 Å². The van der Waals surface area contributed by atoms with Crippen LogP contribution >= 0.6 is 0 Å². The van der Waals surface area contributed by atoms with Crippen molar-refractivity contribution in [3.05, 3.63) is 59.2 Å². The number of anilines is 1. The Morgan fingerprint density at radius 3 is 2.81 bits per heavy atom. The number of hydrogen-bond donors (Lipinski definition) is 0. The van der Waals surface area contributed by atoms with Gasteiger partial charge < -0.3 is 0 Å². The maximum Gasteiger partial charge on any atom is 0.299 e. The van der Waals surface area contributed by atoms with E-state index in [0.29, 0.717) is 5.56 Å². The summed E-state index contributed by atoms with van der Waals surface area (Å²) < 4.78 is 13.9. The van der Waals surface area contributed by atoms with Gasteiger partial charge in [-0.15, -0.1) is 0 Å². The van der Waals surface area contributed by atoms with E-state index in [1.165, 1.54) is 24.4 Å². The number of nitrogens with zero attached hydrogens (tertiary/aromatic N) is 3. The normalized spacial score (nSPS) is 13.2. The molecular weight excluding hydrogens is 273 g/mol. The van der Waals surface area contributed by atoms with Crippen molar-refractivity contribution >= 4 is 17.4 Å².